The lowest BCUT2D eigenvalue weighted by Crippen LogP contribution is -2.38. The van der Waals surface area contributed by atoms with Gasteiger partial charge in [0.1, 0.15) is 0 Å². The first-order valence-electron chi connectivity index (χ1n) is 6.67. The lowest BCUT2D eigenvalue weighted by atomic mass is 9.78. The van der Waals surface area contributed by atoms with Crippen molar-refractivity contribution in [2.24, 2.45) is 17.6 Å². The van der Waals surface area contributed by atoms with Gasteiger partial charge in [-0.25, -0.2) is 0 Å². The van der Waals surface area contributed by atoms with E-state index in [-0.39, 0.29) is 17.9 Å². The van der Waals surface area contributed by atoms with E-state index in [2.05, 4.69) is 5.32 Å². The van der Waals surface area contributed by atoms with Crippen molar-refractivity contribution in [3.63, 3.8) is 0 Å². The van der Waals surface area contributed by atoms with Crippen LogP contribution in [0.2, 0.25) is 0 Å². The van der Waals surface area contributed by atoms with Crippen molar-refractivity contribution in [1.29, 1.82) is 0 Å². The van der Waals surface area contributed by atoms with Gasteiger partial charge in [-0.05, 0) is 31.6 Å². The summed E-state index contributed by atoms with van der Waals surface area (Å²) >= 11 is 0. The number of methoxy groups -OCH3 is 1. The van der Waals surface area contributed by atoms with Crippen molar-refractivity contribution in [2.45, 2.75) is 45.1 Å². The molecule has 0 heterocycles. The Kier molecular flexibility index (Phi) is 6.52. The van der Waals surface area contributed by atoms with Gasteiger partial charge in [0.2, 0.25) is 5.91 Å². The third-order valence-corrected chi connectivity index (χ3v) is 3.70. The summed E-state index contributed by atoms with van der Waals surface area (Å²) in [5, 5.41) is 2.97. The van der Waals surface area contributed by atoms with Crippen LogP contribution in [-0.2, 0) is 9.53 Å². The first kappa shape index (κ1) is 14.5. The number of hydrogen-bond donors (Lipinski definition) is 2. The van der Waals surface area contributed by atoms with Crippen molar-refractivity contribution in [3.8, 4) is 0 Å². The molecule has 0 saturated heterocycles. The molecule has 1 amide bonds. The van der Waals surface area contributed by atoms with E-state index in [1.807, 2.05) is 6.92 Å². The minimum absolute atomic E-state index is 0.0869. The van der Waals surface area contributed by atoms with Gasteiger partial charge >= 0.3 is 0 Å². The number of nitrogens with one attached hydrogen (secondary N) is 1. The Labute approximate surface area is 104 Å². The summed E-state index contributed by atoms with van der Waals surface area (Å²) < 4.78 is 4.95. The fraction of sp³-hybridized carbons (Fsp3) is 0.923. The van der Waals surface area contributed by atoms with Crippen LogP contribution in [0.1, 0.15) is 39.0 Å². The largest absolute Gasteiger partial charge is 0.385 e. The summed E-state index contributed by atoms with van der Waals surface area (Å²) in [4.78, 5) is 11.9. The highest BCUT2D eigenvalue weighted by molar-refractivity contribution is 5.78. The maximum Gasteiger partial charge on any atom is 0.223 e. The van der Waals surface area contributed by atoms with Gasteiger partial charge in [-0.15, -0.1) is 0 Å². The van der Waals surface area contributed by atoms with Crippen LogP contribution in [0.15, 0.2) is 0 Å². The Morgan fingerprint density at radius 2 is 2.29 bits per heavy atom. The Balaban J connectivity index is 2.25. The van der Waals surface area contributed by atoms with Gasteiger partial charge in [0.05, 0.1) is 0 Å². The molecule has 3 atom stereocenters. The molecule has 0 spiro atoms. The van der Waals surface area contributed by atoms with E-state index in [1.165, 1.54) is 0 Å². The summed E-state index contributed by atoms with van der Waals surface area (Å²) in [6.07, 6.45) is 5.28. The molecule has 0 bridgehead atoms. The van der Waals surface area contributed by atoms with Gasteiger partial charge in [0, 0.05) is 32.2 Å². The highest BCUT2D eigenvalue weighted by atomic mass is 16.5. The molecular weight excluding hydrogens is 216 g/mol. The number of hydrogen-bond acceptors (Lipinski definition) is 3. The van der Waals surface area contributed by atoms with Crippen LogP contribution in [0.3, 0.4) is 0 Å². The lowest BCUT2D eigenvalue weighted by Gasteiger charge is -2.30. The van der Waals surface area contributed by atoms with E-state index < -0.39 is 0 Å². The Morgan fingerprint density at radius 1 is 1.53 bits per heavy atom. The zero-order chi connectivity index (χ0) is 12.7. The first-order valence-corrected chi connectivity index (χ1v) is 6.67. The Morgan fingerprint density at radius 3 is 2.94 bits per heavy atom. The van der Waals surface area contributed by atoms with Crippen LogP contribution in [0.25, 0.3) is 0 Å². The molecule has 0 aromatic rings. The molecular formula is C13H26N2O2. The van der Waals surface area contributed by atoms with E-state index >= 15 is 0 Å². The normalized spacial score (nSPS) is 26.5. The number of ether oxygens (including phenoxy) is 1. The standard InChI is InChI=1S/C13H26N2O2/c1-10(11-5-3-6-12(14)9-11)13(16)15-7-4-8-17-2/h10-12H,3-9,14H2,1-2H3,(H,15,16). The number of carbonyl (C=O) groups excluding carboxylic acids is 1. The third-order valence-electron chi connectivity index (χ3n) is 3.70. The number of nitrogens with two attached hydrogens (primary N) is 1. The number of carbonyl (C=O) groups is 1. The molecule has 3 unspecified atom stereocenters. The topological polar surface area (TPSA) is 64.3 Å². The fourth-order valence-electron chi connectivity index (χ4n) is 2.52. The highest BCUT2D eigenvalue weighted by Gasteiger charge is 2.28. The van der Waals surface area contributed by atoms with Crippen molar-refractivity contribution in [3.05, 3.63) is 0 Å². The molecule has 1 aliphatic rings. The number of amides is 1. The minimum atomic E-state index is 0.0869. The maximum absolute atomic E-state index is 11.9. The predicted octanol–water partition coefficient (Wildman–Crippen LogP) is 1.29. The van der Waals surface area contributed by atoms with Crippen molar-refractivity contribution < 1.29 is 9.53 Å². The van der Waals surface area contributed by atoms with E-state index in [0.29, 0.717) is 19.1 Å². The van der Waals surface area contributed by atoms with Crippen molar-refractivity contribution >= 4 is 5.91 Å². The average molecular weight is 242 g/mol. The molecule has 4 heteroatoms. The summed E-state index contributed by atoms with van der Waals surface area (Å²) in [5.41, 5.74) is 5.95. The van der Waals surface area contributed by atoms with Crippen LogP contribution in [0, 0.1) is 11.8 Å². The first-order chi connectivity index (χ1) is 8.15. The molecule has 100 valence electrons. The fourth-order valence-corrected chi connectivity index (χ4v) is 2.52. The summed E-state index contributed by atoms with van der Waals surface area (Å²) in [5.74, 6) is 0.713. The second-order valence-electron chi connectivity index (χ2n) is 5.11. The van der Waals surface area contributed by atoms with Gasteiger partial charge in [0.15, 0.2) is 0 Å². The Bertz CT molecular complexity index is 233. The third kappa shape index (κ3) is 5.04. The van der Waals surface area contributed by atoms with Gasteiger partial charge in [-0.3, -0.25) is 4.79 Å². The summed E-state index contributed by atoms with van der Waals surface area (Å²) in [6, 6.07) is 0.289. The quantitative estimate of drug-likeness (QED) is 0.690. The molecule has 1 fully saturated rings. The van der Waals surface area contributed by atoms with Gasteiger partial charge in [0.25, 0.3) is 0 Å². The maximum atomic E-state index is 11.9. The smallest absolute Gasteiger partial charge is 0.223 e. The molecule has 0 radical (unpaired) electrons. The molecule has 1 saturated carbocycles. The van der Waals surface area contributed by atoms with E-state index in [0.717, 1.165) is 32.1 Å². The van der Waals surface area contributed by atoms with Crippen LogP contribution in [0.5, 0.6) is 0 Å². The van der Waals surface area contributed by atoms with E-state index in [9.17, 15) is 4.79 Å². The zero-order valence-corrected chi connectivity index (χ0v) is 11.1. The average Bonchev–Trinajstić information content (AvgIpc) is 2.33. The summed E-state index contributed by atoms with van der Waals surface area (Å²) in [7, 11) is 1.67. The summed E-state index contributed by atoms with van der Waals surface area (Å²) in [6.45, 7) is 3.42. The molecule has 0 aromatic heterocycles. The van der Waals surface area contributed by atoms with E-state index in [4.69, 9.17) is 10.5 Å². The minimum Gasteiger partial charge on any atom is -0.385 e. The van der Waals surface area contributed by atoms with Gasteiger partial charge in [-0.2, -0.15) is 0 Å². The SMILES string of the molecule is COCCCNC(=O)C(C)C1CCCC(N)C1. The number of rotatable bonds is 6. The Hall–Kier alpha value is -0.610. The van der Waals surface area contributed by atoms with Crippen LogP contribution in [-0.4, -0.2) is 32.2 Å². The monoisotopic (exact) mass is 242 g/mol. The second kappa shape index (κ2) is 7.67. The molecule has 17 heavy (non-hydrogen) atoms. The predicted molar refractivity (Wildman–Crippen MR) is 68.6 cm³/mol. The molecule has 4 nitrogen and oxygen atoms in total. The molecule has 1 rings (SSSR count). The molecule has 0 aromatic carbocycles. The lowest BCUT2D eigenvalue weighted by molar-refractivity contribution is -0.126. The van der Waals surface area contributed by atoms with Crippen molar-refractivity contribution in [1.82, 2.24) is 5.32 Å². The van der Waals surface area contributed by atoms with Gasteiger partial charge < -0.3 is 15.8 Å². The van der Waals surface area contributed by atoms with Crippen LogP contribution < -0.4 is 11.1 Å². The van der Waals surface area contributed by atoms with Crippen LogP contribution in [0.4, 0.5) is 0 Å². The van der Waals surface area contributed by atoms with E-state index in [1.54, 1.807) is 7.11 Å². The molecule has 1 aliphatic carbocycles. The van der Waals surface area contributed by atoms with Crippen LogP contribution >= 0.6 is 0 Å². The zero-order valence-electron chi connectivity index (χ0n) is 11.1. The van der Waals surface area contributed by atoms with Gasteiger partial charge in [-0.1, -0.05) is 13.3 Å². The van der Waals surface area contributed by atoms with Crippen molar-refractivity contribution in [2.75, 3.05) is 20.3 Å². The molecule has 0 aliphatic heterocycles. The highest BCUT2D eigenvalue weighted by Crippen LogP contribution is 2.29. The molecule has 3 N–H and O–H groups in total. The second-order valence-corrected chi connectivity index (χ2v) is 5.11.